The maximum atomic E-state index is 13.1. The van der Waals surface area contributed by atoms with Crippen LogP contribution in [-0.4, -0.2) is 14.8 Å². The predicted molar refractivity (Wildman–Crippen MR) is 59.5 cm³/mol. The van der Waals surface area contributed by atoms with Crippen LogP contribution >= 0.6 is 0 Å². The van der Waals surface area contributed by atoms with Crippen LogP contribution in [0.5, 0.6) is 0 Å². The van der Waals surface area contributed by atoms with Gasteiger partial charge in [0.05, 0.1) is 6.54 Å². The summed E-state index contributed by atoms with van der Waals surface area (Å²) in [6.07, 6.45) is 1.63. The van der Waals surface area contributed by atoms with Crippen LogP contribution in [0.3, 0.4) is 0 Å². The first-order chi connectivity index (χ1) is 7.65. The lowest BCUT2D eigenvalue weighted by Gasteiger charge is -2.06. The molecule has 0 aliphatic rings. The number of nitrogens with zero attached hydrogens (tertiary/aromatic N) is 3. The Kier molecular flexibility index (Phi) is 2.85. The largest absolute Gasteiger partial charge is 0.378 e. The molecular formula is C11H13FN4. The molecular weight excluding hydrogens is 207 g/mol. The fourth-order valence-corrected chi connectivity index (χ4v) is 1.49. The molecule has 1 heterocycles. The van der Waals surface area contributed by atoms with E-state index in [0.717, 1.165) is 17.1 Å². The minimum atomic E-state index is -0.236. The molecule has 2 rings (SSSR count). The molecule has 0 spiro atoms. The van der Waals surface area contributed by atoms with E-state index in [9.17, 15) is 4.39 Å². The number of aromatic nitrogens is 3. The minimum absolute atomic E-state index is 0.236. The molecule has 0 saturated carbocycles. The summed E-state index contributed by atoms with van der Waals surface area (Å²) >= 11 is 0. The summed E-state index contributed by atoms with van der Waals surface area (Å²) in [6, 6.07) is 4.84. The summed E-state index contributed by atoms with van der Waals surface area (Å²) in [7, 11) is 1.87. The van der Waals surface area contributed by atoms with Crippen molar-refractivity contribution in [3.63, 3.8) is 0 Å². The third-order valence-corrected chi connectivity index (χ3v) is 2.30. The zero-order valence-corrected chi connectivity index (χ0v) is 9.24. The van der Waals surface area contributed by atoms with Crippen molar-refractivity contribution in [1.29, 1.82) is 0 Å². The van der Waals surface area contributed by atoms with E-state index in [1.165, 1.54) is 12.1 Å². The second kappa shape index (κ2) is 4.30. The highest BCUT2D eigenvalue weighted by Gasteiger charge is 2.01. The van der Waals surface area contributed by atoms with E-state index in [4.69, 9.17) is 0 Å². The quantitative estimate of drug-likeness (QED) is 0.858. The van der Waals surface area contributed by atoms with E-state index in [1.807, 2.05) is 24.6 Å². The second-order valence-corrected chi connectivity index (χ2v) is 3.73. The van der Waals surface area contributed by atoms with Gasteiger partial charge in [0.2, 0.25) is 0 Å². The molecule has 1 N–H and O–H groups in total. The fraction of sp³-hybridized carbons (Fsp3) is 0.273. The van der Waals surface area contributed by atoms with Crippen LogP contribution in [0, 0.1) is 12.7 Å². The molecule has 0 atom stereocenters. The van der Waals surface area contributed by atoms with Crippen LogP contribution in [0.2, 0.25) is 0 Å². The van der Waals surface area contributed by atoms with E-state index >= 15 is 0 Å². The first-order valence-electron chi connectivity index (χ1n) is 4.99. The zero-order valence-electron chi connectivity index (χ0n) is 9.24. The smallest absolute Gasteiger partial charge is 0.151 e. The highest BCUT2D eigenvalue weighted by molar-refractivity contribution is 5.45. The Bertz CT molecular complexity index is 472. The Balaban J connectivity index is 2.07. The SMILES string of the molecule is Cc1cc(F)cc(NCc2nncn2C)c1. The number of hydrogen-bond donors (Lipinski definition) is 1. The molecule has 0 aliphatic carbocycles. The van der Waals surface area contributed by atoms with E-state index in [-0.39, 0.29) is 5.82 Å². The Morgan fingerprint density at radius 3 is 2.81 bits per heavy atom. The van der Waals surface area contributed by atoms with Gasteiger partial charge in [0.25, 0.3) is 0 Å². The van der Waals surface area contributed by atoms with Gasteiger partial charge >= 0.3 is 0 Å². The molecule has 0 bridgehead atoms. The van der Waals surface area contributed by atoms with Gasteiger partial charge in [-0.25, -0.2) is 4.39 Å². The summed E-state index contributed by atoms with van der Waals surface area (Å²) < 4.78 is 14.9. The molecule has 1 aromatic carbocycles. The van der Waals surface area contributed by atoms with E-state index in [1.54, 1.807) is 6.33 Å². The topological polar surface area (TPSA) is 42.7 Å². The predicted octanol–water partition coefficient (Wildman–Crippen LogP) is 1.87. The lowest BCUT2D eigenvalue weighted by Crippen LogP contribution is -2.05. The Morgan fingerprint density at radius 2 is 2.19 bits per heavy atom. The number of benzene rings is 1. The van der Waals surface area contributed by atoms with Crippen molar-refractivity contribution < 1.29 is 4.39 Å². The normalized spacial score (nSPS) is 10.4. The van der Waals surface area contributed by atoms with Gasteiger partial charge in [0.1, 0.15) is 12.1 Å². The van der Waals surface area contributed by atoms with Crippen LogP contribution in [0.4, 0.5) is 10.1 Å². The molecule has 0 fully saturated rings. The number of halogens is 1. The van der Waals surface area contributed by atoms with Gasteiger partial charge in [-0.15, -0.1) is 10.2 Å². The van der Waals surface area contributed by atoms with Crippen molar-refractivity contribution in [2.24, 2.45) is 7.05 Å². The van der Waals surface area contributed by atoms with Gasteiger partial charge in [-0.3, -0.25) is 0 Å². The van der Waals surface area contributed by atoms with Crippen LogP contribution < -0.4 is 5.32 Å². The van der Waals surface area contributed by atoms with Crippen LogP contribution in [0.15, 0.2) is 24.5 Å². The summed E-state index contributed by atoms with van der Waals surface area (Å²) in [6.45, 7) is 2.38. The van der Waals surface area contributed by atoms with E-state index < -0.39 is 0 Å². The molecule has 0 unspecified atom stereocenters. The van der Waals surface area contributed by atoms with Crippen molar-refractivity contribution in [3.05, 3.63) is 41.7 Å². The minimum Gasteiger partial charge on any atom is -0.378 e. The second-order valence-electron chi connectivity index (χ2n) is 3.73. The molecule has 2 aromatic rings. The first-order valence-corrected chi connectivity index (χ1v) is 4.99. The maximum Gasteiger partial charge on any atom is 0.151 e. The van der Waals surface area contributed by atoms with E-state index in [0.29, 0.717) is 6.54 Å². The Labute approximate surface area is 93.1 Å². The number of aryl methyl sites for hydroxylation is 2. The average molecular weight is 220 g/mol. The van der Waals surface area contributed by atoms with Gasteiger partial charge in [-0.2, -0.15) is 0 Å². The van der Waals surface area contributed by atoms with Crippen molar-refractivity contribution in [2.75, 3.05) is 5.32 Å². The van der Waals surface area contributed by atoms with Gasteiger partial charge in [0.15, 0.2) is 5.82 Å². The number of nitrogens with one attached hydrogen (secondary N) is 1. The standard InChI is InChI=1S/C11H13FN4/c1-8-3-9(12)5-10(4-8)13-6-11-15-14-7-16(11)2/h3-5,7,13H,6H2,1-2H3. The molecule has 0 radical (unpaired) electrons. The Morgan fingerprint density at radius 1 is 1.38 bits per heavy atom. The molecule has 5 heteroatoms. The third kappa shape index (κ3) is 2.36. The average Bonchev–Trinajstić information content (AvgIpc) is 2.59. The van der Waals surface area contributed by atoms with Gasteiger partial charge < -0.3 is 9.88 Å². The lowest BCUT2D eigenvalue weighted by atomic mass is 10.2. The van der Waals surface area contributed by atoms with Gasteiger partial charge in [-0.1, -0.05) is 0 Å². The zero-order chi connectivity index (χ0) is 11.5. The van der Waals surface area contributed by atoms with Crippen molar-refractivity contribution in [2.45, 2.75) is 13.5 Å². The summed E-state index contributed by atoms with van der Waals surface area (Å²) in [4.78, 5) is 0. The van der Waals surface area contributed by atoms with E-state index in [2.05, 4.69) is 15.5 Å². The molecule has 0 saturated heterocycles. The van der Waals surface area contributed by atoms with Gasteiger partial charge in [-0.05, 0) is 30.7 Å². The van der Waals surface area contributed by atoms with Crippen LogP contribution in [-0.2, 0) is 13.6 Å². The summed E-state index contributed by atoms with van der Waals surface area (Å²) in [5, 5.41) is 10.8. The summed E-state index contributed by atoms with van der Waals surface area (Å²) in [5.41, 5.74) is 1.64. The molecule has 1 aromatic heterocycles. The van der Waals surface area contributed by atoms with Crippen LogP contribution in [0.1, 0.15) is 11.4 Å². The maximum absolute atomic E-state index is 13.1. The summed E-state index contributed by atoms with van der Waals surface area (Å²) in [5.74, 6) is 0.572. The molecule has 84 valence electrons. The fourth-order valence-electron chi connectivity index (χ4n) is 1.49. The van der Waals surface area contributed by atoms with Crippen molar-refractivity contribution in [3.8, 4) is 0 Å². The lowest BCUT2D eigenvalue weighted by molar-refractivity contribution is 0.627. The molecule has 0 aliphatic heterocycles. The first kappa shape index (κ1) is 10.6. The van der Waals surface area contributed by atoms with Crippen LogP contribution in [0.25, 0.3) is 0 Å². The molecule has 0 amide bonds. The molecule has 4 nitrogen and oxygen atoms in total. The highest BCUT2D eigenvalue weighted by Crippen LogP contribution is 2.13. The monoisotopic (exact) mass is 220 g/mol. The molecule has 16 heavy (non-hydrogen) atoms. The van der Waals surface area contributed by atoms with Gasteiger partial charge in [0, 0.05) is 12.7 Å². The third-order valence-electron chi connectivity index (χ3n) is 2.30. The number of rotatable bonds is 3. The number of hydrogen-bond acceptors (Lipinski definition) is 3. The van der Waals surface area contributed by atoms with Crippen molar-refractivity contribution >= 4 is 5.69 Å². The Hall–Kier alpha value is -1.91. The van der Waals surface area contributed by atoms with Crippen molar-refractivity contribution in [1.82, 2.24) is 14.8 Å². The highest BCUT2D eigenvalue weighted by atomic mass is 19.1. The number of anilines is 1.